The smallest absolute Gasteiger partial charge is 0.253 e. The van der Waals surface area contributed by atoms with Gasteiger partial charge in [-0.3, -0.25) is 4.79 Å². The maximum atomic E-state index is 12.6. The van der Waals surface area contributed by atoms with Crippen LogP contribution in [0.4, 0.5) is 0 Å². The Morgan fingerprint density at radius 1 is 1.27 bits per heavy atom. The van der Waals surface area contributed by atoms with E-state index in [1.54, 1.807) is 0 Å². The first-order valence-corrected chi connectivity index (χ1v) is 7.94. The van der Waals surface area contributed by atoms with Crippen LogP contribution < -0.4 is 4.74 Å². The Morgan fingerprint density at radius 2 is 1.95 bits per heavy atom. The fourth-order valence-electron chi connectivity index (χ4n) is 3.12. The molecule has 0 aliphatic carbocycles. The second-order valence-corrected chi connectivity index (χ2v) is 5.81. The van der Waals surface area contributed by atoms with E-state index in [2.05, 4.69) is 0 Å². The van der Waals surface area contributed by atoms with Gasteiger partial charge in [0.2, 0.25) is 0 Å². The molecule has 2 aliphatic heterocycles. The Bertz CT molecular complexity index is 542. The summed E-state index contributed by atoms with van der Waals surface area (Å²) in [5.74, 6) is 0.467. The third kappa shape index (κ3) is 2.96. The average Bonchev–Trinajstić information content (AvgIpc) is 2.98. The van der Waals surface area contributed by atoms with Crippen molar-refractivity contribution in [2.75, 3.05) is 32.9 Å². The Labute approximate surface area is 131 Å². The Kier molecular flexibility index (Phi) is 4.36. The first-order valence-electron chi connectivity index (χ1n) is 7.94. The number of benzene rings is 1. The topological polar surface area (TPSA) is 48.0 Å². The molecule has 5 heteroatoms. The van der Waals surface area contributed by atoms with Gasteiger partial charge in [0, 0.05) is 31.5 Å². The van der Waals surface area contributed by atoms with Gasteiger partial charge < -0.3 is 19.1 Å². The van der Waals surface area contributed by atoms with Crippen molar-refractivity contribution >= 4 is 5.91 Å². The fourth-order valence-corrected chi connectivity index (χ4v) is 3.12. The third-order valence-corrected chi connectivity index (χ3v) is 4.35. The van der Waals surface area contributed by atoms with Gasteiger partial charge >= 0.3 is 0 Å². The number of amides is 1. The van der Waals surface area contributed by atoms with E-state index in [0.29, 0.717) is 38.5 Å². The summed E-state index contributed by atoms with van der Waals surface area (Å²) in [6, 6.07) is 5.62. The predicted molar refractivity (Wildman–Crippen MR) is 82.1 cm³/mol. The molecule has 3 rings (SSSR count). The van der Waals surface area contributed by atoms with Gasteiger partial charge in [-0.15, -0.1) is 0 Å². The molecular formula is C17H23NO4. The van der Waals surface area contributed by atoms with Crippen molar-refractivity contribution < 1.29 is 19.0 Å². The van der Waals surface area contributed by atoms with Crippen molar-refractivity contribution in [1.82, 2.24) is 4.90 Å². The van der Waals surface area contributed by atoms with E-state index in [-0.39, 0.29) is 5.91 Å². The van der Waals surface area contributed by atoms with E-state index in [0.717, 1.165) is 24.2 Å². The van der Waals surface area contributed by atoms with Crippen LogP contribution in [0.2, 0.25) is 0 Å². The van der Waals surface area contributed by atoms with Crippen LogP contribution in [0.5, 0.6) is 5.75 Å². The lowest BCUT2D eigenvalue weighted by Crippen LogP contribution is -2.47. The third-order valence-electron chi connectivity index (χ3n) is 4.35. The molecule has 1 aromatic rings. The number of rotatable bonds is 3. The summed E-state index contributed by atoms with van der Waals surface area (Å²) >= 11 is 0. The van der Waals surface area contributed by atoms with Crippen molar-refractivity contribution in [1.29, 1.82) is 0 Å². The maximum absolute atomic E-state index is 12.6. The maximum Gasteiger partial charge on any atom is 0.253 e. The Balaban J connectivity index is 1.66. The number of likely N-dealkylation sites (tertiary alicyclic amines) is 1. The van der Waals surface area contributed by atoms with Crippen molar-refractivity contribution in [3.8, 4) is 5.75 Å². The second kappa shape index (κ2) is 6.26. The summed E-state index contributed by atoms with van der Waals surface area (Å²) in [6.45, 7) is 7.21. The highest BCUT2D eigenvalue weighted by Crippen LogP contribution is 2.32. The molecule has 0 bridgehead atoms. The van der Waals surface area contributed by atoms with Crippen LogP contribution in [0, 0.1) is 6.92 Å². The van der Waals surface area contributed by atoms with Gasteiger partial charge in [-0.2, -0.15) is 0 Å². The first kappa shape index (κ1) is 15.3. The Morgan fingerprint density at radius 3 is 2.55 bits per heavy atom. The molecule has 2 fully saturated rings. The number of hydrogen-bond acceptors (Lipinski definition) is 4. The summed E-state index contributed by atoms with van der Waals surface area (Å²) < 4.78 is 16.9. The summed E-state index contributed by atoms with van der Waals surface area (Å²) in [4.78, 5) is 14.5. The van der Waals surface area contributed by atoms with Crippen LogP contribution in [0.25, 0.3) is 0 Å². The minimum Gasteiger partial charge on any atom is -0.494 e. The number of ether oxygens (including phenoxy) is 3. The molecule has 0 saturated carbocycles. The van der Waals surface area contributed by atoms with Crippen molar-refractivity contribution in [2.45, 2.75) is 32.5 Å². The normalized spacial score (nSPS) is 20.4. The van der Waals surface area contributed by atoms with Gasteiger partial charge in [-0.05, 0) is 37.6 Å². The summed E-state index contributed by atoms with van der Waals surface area (Å²) in [7, 11) is 0. The molecule has 22 heavy (non-hydrogen) atoms. The Hall–Kier alpha value is -1.59. The number of carbonyl (C=O) groups excluding carboxylic acids is 1. The number of piperidine rings is 1. The number of nitrogens with zero attached hydrogens (tertiary/aromatic N) is 1. The second-order valence-electron chi connectivity index (χ2n) is 5.81. The van der Waals surface area contributed by atoms with Crippen LogP contribution in [-0.4, -0.2) is 49.5 Å². The number of aryl methyl sites for hydroxylation is 1. The molecular weight excluding hydrogens is 282 g/mol. The molecule has 0 aromatic heterocycles. The van der Waals surface area contributed by atoms with Crippen LogP contribution in [0.15, 0.2) is 18.2 Å². The summed E-state index contributed by atoms with van der Waals surface area (Å²) in [6.07, 6.45) is 1.49. The molecule has 1 spiro atoms. The lowest BCUT2D eigenvalue weighted by atomic mass is 10.0. The summed E-state index contributed by atoms with van der Waals surface area (Å²) in [5.41, 5.74) is 1.70. The van der Waals surface area contributed by atoms with E-state index in [4.69, 9.17) is 14.2 Å². The zero-order valence-electron chi connectivity index (χ0n) is 13.3. The number of hydrogen-bond donors (Lipinski definition) is 0. The molecule has 0 radical (unpaired) electrons. The molecule has 0 unspecified atom stereocenters. The van der Waals surface area contributed by atoms with Gasteiger partial charge in [0.1, 0.15) is 5.75 Å². The number of carbonyl (C=O) groups is 1. The van der Waals surface area contributed by atoms with Gasteiger partial charge in [-0.1, -0.05) is 0 Å². The predicted octanol–water partition coefficient (Wildman–Crippen LogP) is 2.37. The molecule has 0 atom stereocenters. The highest BCUT2D eigenvalue weighted by atomic mass is 16.7. The zero-order chi connectivity index (χ0) is 15.6. The van der Waals surface area contributed by atoms with Crippen molar-refractivity contribution in [3.63, 3.8) is 0 Å². The first-order chi connectivity index (χ1) is 10.6. The fraction of sp³-hybridized carbons (Fsp3) is 0.588. The molecule has 120 valence electrons. The zero-order valence-corrected chi connectivity index (χ0v) is 13.3. The quantitative estimate of drug-likeness (QED) is 0.860. The monoisotopic (exact) mass is 305 g/mol. The average molecular weight is 305 g/mol. The lowest BCUT2D eigenvalue weighted by Gasteiger charge is -2.37. The van der Waals surface area contributed by atoms with Gasteiger partial charge in [0.25, 0.3) is 5.91 Å². The highest BCUT2D eigenvalue weighted by Gasteiger charge is 2.40. The largest absolute Gasteiger partial charge is 0.494 e. The van der Waals surface area contributed by atoms with Crippen LogP contribution in [-0.2, 0) is 9.47 Å². The SMILES string of the molecule is CCOc1ccc(C(=O)N2CCC3(CC2)OCCO3)cc1C. The summed E-state index contributed by atoms with van der Waals surface area (Å²) in [5, 5.41) is 0. The molecule has 2 saturated heterocycles. The van der Waals surface area contributed by atoms with E-state index in [1.807, 2.05) is 36.9 Å². The van der Waals surface area contributed by atoms with Crippen LogP contribution in [0.3, 0.4) is 0 Å². The van der Waals surface area contributed by atoms with E-state index < -0.39 is 5.79 Å². The molecule has 5 nitrogen and oxygen atoms in total. The lowest BCUT2D eigenvalue weighted by molar-refractivity contribution is -0.181. The van der Waals surface area contributed by atoms with Crippen molar-refractivity contribution in [3.05, 3.63) is 29.3 Å². The van der Waals surface area contributed by atoms with Gasteiger partial charge in [0.05, 0.1) is 19.8 Å². The highest BCUT2D eigenvalue weighted by molar-refractivity contribution is 5.94. The molecule has 2 heterocycles. The van der Waals surface area contributed by atoms with E-state index in [1.165, 1.54) is 0 Å². The molecule has 2 aliphatic rings. The molecule has 1 amide bonds. The minimum atomic E-state index is -0.439. The minimum absolute atomic E-state index is 0.0685. The van der Waals surface area contributed by atoms with E-state index in [9.17, 15) is 4.79 Å². The standard InChI is InChI=1S/C17H23NO4/c1-3-20-15-5-4-14(12-13(15)2)16(19)18-8-6-17(7-9-18)21-10-11-22-17/h4-5,12H,3,6-11H2,1-2H3. The molecule has 0 N–H and O–H groups in total. The van der Waals surface area contributed by atoms with Crippen LogP contribution in [0.1, 0.15) is 35.7 Å². The van der Waals surface area contributed by atoms with Crippen molar-refractivity contribution in [2.24, 2.45) is 0 Å². The van der Waals surface area contributed by atoms with Crippen LogP contribution >= 0.6 is 0 Å². The van der Waals surface area contributed by atoms with Gasteiger partial charge in [0.15, 0.2) is 5.79 Å². The molecule has 1 aromatic carbocycles. The van der Waals surface area contributed by atoms with Gasteiger partial charge in [-0.25, -0.2) is 0 Å². The van der Waals surface area contributed by atoms with E-state index >= 15 is 0 Å².